The topological polar surface area (TPSA) is 69.6 Å². The second-order valence-electron chi connectivity index (χ2n) is 6.15. The summed E-state index contributed by atoms with van der Waals surface area (Å²) in [7, 11) is 0. The molecule has 5 nitrogen and oxygen atoms in total. The first-order chi connectivity index (χ1) is 9.10. The smallest absolute Gasteiger partial charge is 0.310 e. The number of amides is 1. The summed E-state index contributed by atoms with van der Waals surface area (Å²) in [6.07, 6.45) is 1.22. The number of carbonyl (C=O) groups is 2. The van der Waals surface area contributed by atoms with E-state index < -0.39 is 16.9 Å². The van der Waals surface area contributed by atoms with Gasteiger partial charge >= 0.3 is 5.97 Å². The van der Waals surface area contributed by atoms with Gasteiger partial charge in [-0.3, -0.25) is 9.59 Å². The van der Waals surface area contributed by atoms with Crippen LogP contribution in [0.25, 0.3) is 0 Å². The van der Waals surface area contributed by atoms with Crippen LogP contribution in [-0.2, 0) is 9.59 Å². The number of hydrogen-bond donors (Lipinski definition) is 2. The van der Waals surface area contributed by atoms with E-state index in [2.05, 4.69) is 5.32 Å². The number of carbonyl (C=O) groups excluding carboxylic acids is 1. The number of aliphatic carboxylic acids is 1. The lowest BCUT2D eigenvalue weighted by Crippen LogP contribution is -2.55. The fourth-order valence-electron chi connectivity index (χ4n) is 1.86. The Balaban J connectivity index is 4.25. The van der Waals surface area contributed by atoms with Gasteiger partial charge in [0.05, 0.1) is 5.41 Å². The Hall–Kier alpha value is -1.10. The molecule has 0 aliphatic carbocycles. The highest BCUT2D eigenvalue weighted by molar-refractivity contribution is 5.76. The van der Waals surface area contributed by atoms with Gasteiger partial charge < -0.3 is 15.3 Å². The van der Waals surface area contributed by atoms with Gasteiger partial charge in [-0.2, -0.15) is 0 Å². The lowest BCUT2D eigenvalue weighted by Gasteiger charge is -2.39. The van der Waals surface area contributed by atoms with Crippen molar-refractivity contribution in [2.75, 3.05) is 19.6 Å². The zero-order valence-electron chi connectivity index (χ0n) is 13.7. The zero-order valence-corrected chi connectivity index (χ0v) is 13.7. The molecule has 0 radical (unpaired) electrons. The molecule has 0 aliphatic rings. The van der Waals surface area contributed by atoms with Crippen molar-refractivity contribution in [1.29, 1.82) is 0 Å². The first kappa shape index (κ1) is 18.9. The third kappa shape index (κ3) is 4.78. The first-order valence-electron chi connectivity index (χ1n) is 7.36. The van der Waals surface area contributed by atoms with E-state index in [1.807, 2.05) is 32.6 Å². The number of carboxylic acid groups (broad SMARTS) is 1. The van der Waals surface area contributed by atoms with Crippen molar-refractivity contribution in [3.8, 4) is 0 Å². The van der Waals surface area contributed by atoms with Gasteiger partial charge in [-0.25, -0.2) is 0 Å². The highest BCUT2D eigenvalue weighted by atomic mass is 16.4. The van der Waals surface area contributed by atoms with Crippen LogP contribution in [0.1, 0.15) is 54.4 Å². The second-order valence-corrected chi connectivity index (χ2v) is 6.15. The van der Waals surface area contributed by atoms with Crippen molar-refractivity contribution < 1.29 is 14.7 Å². The highest BCUT2D eigenvalue weighted by Gasteiger charge is 2.42. The molecule has 0 heterocycles. The Labute approximate surface area is 122 Å². The van der Waals surface area contributed by atoms with E-state index in [1.165, 1.54) is 0 Å². The molecule has 1 amide bonds. The van der Waals surface area contributed by atoms with Crippen molar-refractivity contribution in [2.24, 2.45) is 5.41 Å². The van der Waals surface area contributed by atoms with E-state index >= 15 is 0 Å². The maximum absolute atomic E-state index is 11.8. The Bertz CT molecular complexity index is 334. The van der Waals surface area contributed by atoms with E-state index in [4.69, 9.17) is 0 Å². The monoisotopic (exact) mass is 286 g/mol. The minimum absolute atomic E-state index is 0.159. The maximum atomic E-state index is 11.8. The molecule has 0 aromatic rings. The third-order valence-electron chi connectivity index (χ3n) is 4.35. The number of carboxylic acids is 1. The normalized spacial score (nSPS) is 12.3. The van der Waals surface area contributed by atoms with Gasteiger partial charge in [-0.15, -0.1) is 0 Å². The van der Waals surface area contributed by atoms with Crippen molar-refractivity contribution in [1.82, 2.24) is 10.2 Å². The SMILES string of the molecule is CCN(CC)C(=O)CCCNC(C)(C)C(C)(C)C(=O)O. The van der Waals surface area contributed by atoms with Crippen molar-refractivity contribution in [3.63, 3.8) is 0 Å². The van der Waals surface area contributed by atoms with Crippen molar-refractivity contribution >= 4 is 11.9 Å². The van der Waals surface area contributed by atoms with Gasteiger partial charge in [0.25, 0.3) is 0 Å². The minimum atomic E-state index is -0.865. The number of hydrogen-bond acceptors (Lipinski definition) is 3. The van der Waals surface area contributed by atoms with Crippen LogP contribution in [-0.4, -0.2) is 47.1 Å². The number of nitrogens with one attached hydrogen (secondary N) is 1. The van der Waals surface area contributed by atoms with E-state index in [-0.39, 0.29) is 5.91 Å². The molecule has 0 fully saturated rings. The molecule has 0 unspecified atom stereocenters. The molecule has 20 heavy (non-hydrogen) atoms. The summed E-state index contributed by atoms with van der Waals surface area (Å²) in [6, 6.07) is 0. The molecule has 0 saturated heterocycles. The van der Waals surface area contributed by atoms with E-state index in [1.54, 1.807) is 13.8 Å². The fraction of sp³-hybridized carbons (Fsp3) is 0.867. The van der Waals surface area contributed by atoms with Gasteiger partial charge in [0.15, 0.2) is 0 Å². The van der Waals surface area contributed by atoms with Gasteiger partial charge in [0.1, 0.15) is 0 Å². The van der Waals surface area contributed by atoms with Gasteiger partial charge in [-0.05, 0) is 54.5 Å². The summed E-state index contributed by atoms with van der Waals surface area (Å²) < 4.78 is 0. The second kappa shape index (κ2) is 7.62. The van der Waals surface area contributed by atoms with Crippen molar-refractivity contribution in [2.45, 2.75) is 59.9 Å². The average Bonchev–Trinajstić information content (AvgIpc) is 2.35. The van der Waals surface area contributed by atoms with Crippen molar-refractivity contribution in [3.05, 3.63) is 0 Å². The molecule has 0 aromatic heterocycles. The predicted octanol–water partition coefficient (Wildman–Crippen LogP) is 2.11. The fourth-order valence-corrected chi connectivity index (χ4v) is 1.86. The zero-order chi connectivity index (χ0) is 16.0. The lowest BCUT2D eigenvalue weighted by molar-refractivity contribution is -0.151. The summed E-state index contributed by atoms with van der Waals surface area (Å²) in [5, 5.41) is 12.5. The van der Waals surface area contributed by atoms with Crippen LogP contribution in [0, 0.1) is 5.41 Å². The van der Waals surface area contributed by atoms with Crippen LogP contribution >= 0.6 is 0 Å². The molecular weight excluding hydrogens is 256 g/mol. The van der Waals surface area contributed by atoms with E-state index in [9.17, 15) is 14.7 Å². The molecule has 2 N–H and O–H groups in total. The summed E-state index contributed by atoms with van der Waals surface area (Å²) in [5.41, 5.74) is -1.40. The lowest BCUT2D eigenvalue weighted by atomic mass is 9.74. The van der Waals surface area contributed by atoms with Gasteiger partial charge in [-0.1, -0.05) is 0 Å². The Kier molecular flexibility index (Phi) is 7.20. The molecule has 118 valence electrons. The largest absolute Gasteiger partial charge is 0.481 e. The Morgan fingerprint density at radius 1 is 1.10 bits per heavy atom. The highest BCUT2D eigenvalue weighted by Crippen LogP contribution is 2.30. The van der Waals surface area contributed by atoms with Crippen LogP contribution in [0.15, 0.2) is 0 Å². The molecule has 0 spiro atoms. The van der Waals surface area contributed by atoms with Crippen LogP contribution in [0.5, 0.6) is 0 Å². The van der Waals surface area contributed by atoms with Gasteiger partial charge in [0.2, 0.25) is 5.91 Å². The predicted molar refractivity (Wildman–Crippen MR) is 80.7 cm³/mol. The molecule has 5 heteroatoms. The third-order valence-corrected chi connectivity index (χ3v) is 4.35. The molecular formula is C15H30N2O3. The average molecular weight is 286 g/mol. The van der Waals surface area contributed by atoms with Gasteiger partial charge in [0, 0.05) is 25.0 Å². The molecule has 0 saturated carbocycles. The van der Waals surface area contributed by atoms with Crippen LogP contribution in [0.4, 0.5) is 0 Å². The van der Waals surface area contributed by atoms with E-state index in [0.717, 1.165) is 13.1 Å². The quantitative estimate of drug-likeness (QED) is 0.637. The molecule has 0 aliphatic heterocycles. The van der Waals surface area contributed by atoms with Crippen LogP contribution < -0.4 is 5.32 Å². The summed E-state index contributed by atoms with van der Waals surface area (Å²) in [6.45, 7) is 13.2. The standard InChI is InChI=1S/C15H30N2O3/c1-7-17(8-2)12(18)10-9-11-16-15(5,6)14(3,4)13(19)20/h16H,7-11H2,1-6H3,(H,19,20). The first-order valence-corrected chi connectivity index (χ1v) is 7.36. The molecule has 0 aromatic carbocycles. The number of rotatable bonds is 9. The number of nitrogens with zero attached hydrogens (tertiary/aromatic N) is 1. The summed E-state index contributed by atoms with van der Waals surface area (Å²) in [4.78, 5) is 24.9. The minimum Gasteiger partial charge on any atom is -0.481 e. The molecule has 0 bridgehead atoms. The summed E-state index contributed by atoms with van der Waals surface area (Å²) >= 11 is 0. The molecule has 0 atom stereocenters. The Morgan fingerprint density at radius 2 is 1.60 bits per heavy atom. The van der Waals surface area contributed by atoms with E-state index in [0.29, 0.717) is 19.4 Å². The maximum Gasteiger partial charge on any atom is 0.310 e. The molecule has 0 rings (SSSR count). The Morgan fingerprint density at radius 3 is 2.00 bits per heavy atom. The summed E-state index contributed by atoms with van der Waals surface area (Å²) in [5.74, 6) is -0.665. The van der Waals surface area contributed by atoms with Crippen LogP contribution in [0.3, 0.4) is 0 Å². The van der Waals surface area contributed by atoms with Crippen LogP contribution in [0.2, 0.25) is 0 Å².